The van der Waals surface area contributed by atoms with E-state index in [0.717, 1.165) is 16.3 Å². The van der Waals surface area contributed by atoms with Gasteiger partial charge in [-0.15, -0.1) is 0 Å². The smallest absolute Gasteiger partial charge is 0.195 e. The molecule has 0 aliphatic heterocycles. The normalized spacial score (nSPS) is 10.4. The molecule has 0 heterocycles. The van der Waals surface area contributed by atoms with Gasteiger partial charge >= 0.3 is 0 Å². The highest BCUT2D eigenvalue weighted by molar-refractivity contribution is 6.10. The summed E-state index contributed by atoms with van der Waals surface area (Å²) >= 11 is 0. The first-order valence-electron chi connectivity index (χ1n) is 6.83. The van der Waals surface area contributed by atoms with Gasteiger partial charge in [-0.25, -0.2) is 4.39 Å². The van der Waals surface area contributed by atoms with Gasteiger partial charge in [0.2, 0.25) is 0 Å². The fourth-order valence-corrected chi connectivity index (χ4v) is 2.41. The van der Waals surface area contributed by atoms with E-state index in [4.69, 9.17) is 5.26 Å². The molecule has 0 aromatic heterocycles. The minimum atomic E-state index is -0.535. The van der Waals surface area contributed by atoms with Gasteiger partial charge in [0.1, 0.15) is 5.82 Å². The maximum atomic E-state index is 14.3. The van der Waals surface area contributed by atoms with Crippen molar-refractivity contribution >= 4 is 16.6 Å². The predicted octanol–water partition coefficient (Wildman–Crippen LogP) is 4.39. The number of aryl methyl sites for hydroxylation is 1. The van der Waals surface area contributed by atoms with Crippen molar-refractivity contribution in [3.8, 4) is 6.07 Å². The van der Waals surface area contributed by atoms with Gasteiger partial charge in [-0.3, -0.25) is 4.79 Å². The second kappa shape index (κ2) is 5.42. The Morgan fingerprint density at radius 2 is 1.73 bits per heavy atom. The number of nitriles is 1. The van der Waals surface area contributed by atoms with Crippen LogP contribution in [0.5, 0.6) is 0 Å². The maximum absolute atomic E-state index is 14.3. The Hall–Kier alpha value is -2.99. The Bertz CT molecular complexity index is 921. The van der Waals surface area contributed by atoms with Crippen LogP contribution in [0.25, 0.3) is 10.8 Å². The zero-order chi connectivity index (χ0) is 15.7. The molecule has 0 atom stereocenters. The van der Waals surface area contributed by atoms with Crippen LogP contribution in [0, 0.1) is 24.1 Å². The third kappa shape index (κ3) is 2.47. The van der Waals surface area contributed by atoms with E-state index in [1.165, 1.54) is 6.07 Å². The number of benzene rings is 3. The molecule has 0 radical (unpaired) electrons. The largest absolute Gasteiger partial charge is 0.288 e. The Labute approximate surface area is 127 Å². The van der Waals surface area contributed by atoms with Gasteiger partial charge in [-0.1, -0.05) is 23.8 Å². The highest BCUT2D eigenvalue weighted by atomic mass is 19.1. The summed E-state index contributed by atoms with van der Waals surface area (Å²) in [5.41, 5.74) is 1.91. The van der Waals surface area contributed by atoms with Gasteiger partial charge in [0.15, 0.2) is 5.78 Å². The average Bonchev–Trinajstić information content (AvgIpc) is 2.53. The first-order chi connectivity index (χ1) is 10.6. The molecular formula is C19H12FNO. The minimum absolute atomic E-state index is 0.0426. The van der Waals surface area contributed by atoms with E-state index in [2.05, 4.69) is 0 Å². The summed E-state index contributed by atoms with van der Waals surface area (Å²) < 4.78 is 14.3. The number of rotatable bonds is 2. The lowest BCUT2D eigenvalue weighted by atomic mass is 9.98. The summed E-state index contributed by atoms with van der Waals surface area (Å²) in [6.45, 7) is 1.94. The number of hydrogen-bond donors (Lipinski definition) is 0. The molecule has 22 heavy (non-hydrogen) atoms. The zero-order valence-electron chi connectivity index (χ0n) is 11.9. The second-order valence-corrected chi connectivity index (χ2v) is 5.20. The lowest BCUT2D eigenvalue weighted by Gasteiger charge is -2.06. The van der Waals surface area contributed by atoms with Gasteiger partial charge in [0, 0.05) is 5.56 Å². The molecule has 0 bridgehead atoms. The van der Waals surface area contributed by atoms with E-state index in [1.54, 1.807) is 30.3 Å². The molecule has 0 spiro atoms. The molecule has 0 aliphatic rings. The van der Waals surface area contributed by atoms with Crippen molar-refractivity contribution < 1.29 is 9.18 Å². The van der Waals surface area contributed by atoms with Gasteiger partial charge in [-0.2, -0.15) is 5.26 Å². The standard InChI is InChI=1S/C19H12FNO/c1-12-2-5-15-9-17(18(20)10-16(15)8-12)19(22)14-6-3-13(11-21)4-7-14/h2-10H,1H3. The molecule has 106 valence electrons. The van der Waals surface area contributed by atoms with E-state index in [-0.39, 0.29) is 11.3 Å². The summed E-state index contributed by atoms with van der Waals surface area (Å²) in [6.07, 6.45) is 0. The number of carbonyl (C=O) groups excluding carboxylic acids is 1. The molecule has 0 N–H and O–H groups in total. The highest BCUT2D eigenvalue weighted by Gasteiger charge is 2.15. The molecule has 0 aliphatic carbocycles. The summed E-state index contributed by atoms with van der Waals surface area (Å²) in [5.74, 6) is -0.920. The maximum Gasteiger partial charge on any atom is 0.195 e. The van der Waals surface area contributed by atoms with Crippen molar-refractivity contribution in [1.29, 1.82) is 5.26 Å². The Morgan fingerprint density at radius 1 is 1.00 bits per heavy atom. The van der Waals surface area contributed by atoms with Crippen LogP contribution in [0.1, 0.15) is 27.0 Å². The molecule has 3 heteroatoms. The van der Waals surface area contributed by atoms with Gasteiger partial charge < -0.3 is 0 Å². The zero-order valence-corrected chi connectivity index (χ0v) is 11.9. The minimum Gasteiger partial charge on any atom is -0.288 e. The Balaban J connectivity index is 2.08. The lowest BCUT2D eigenvalue weighted by molar-refractivity contribution is 0.103. The monoisotopic (exact) mass is 289 g/mol. The summed E-state index contributed by atoms with van der Waals surface area (Å²) in [5, 5.41) is 10.4. The quantitative estimate of drug-likeness (QED) is 0.656. The molecule has 2 nitrogen and oxygen atoms in total. The third-order valence-corrected chi connectivity index (χ3v) is 3.60. The second-order valence-electron chi connectivity index (χ2n) is 5.20. The van der Waals surface area contributed by atoms with Crippen molar-refractivity contribution in [2.45, 2.75) is 6.92 Å². The van der Waals surface area contributed by atoms with E-state index in [1.807, 2.05) is 31.2 Å². The molecule has 3 aromatic rings. The number of carbonyl (C=O) groups is 1. The Kier molecular flexibility index (Phi) is 3.44. The van der Waals surface area contributed by atoms with Crippen molar-refractivity contribution in [2.75, 3.05) is 0 Å². The van der Waals surface area contributed by atoms with Crippen LogP contribution in [-0.4, -0.2) is 5.78 Å². The number of hydrogen-bond acceptors (Lipinski definition) is 2. The number of fused-ring (bicyclic) bond motifs is 1. The van der Waals surface area contributed by atoms with Crippen LogP contribution >= 0.6 is 0 Å². The van der Waals surface area contributed by atoms with Crippen LogP contribution in [0.4, 0.5) is 4.39 Å². The fourth-order valence-electron chi connectivity index (χ4n) is 2.41. The third-order valence-electron chi connectivity index (χ3n) is 3.60. The molecule has 0 fully saturated rings. The number of nitrogens with zero attached hydrogens (tertiary/aromatic N) is 1. The van der Waals surface area contributed by atoms with Crippen LogP contribution < -0.4 is 0 Å². The van der Waals surface area contributed by atoms with Gasteiger partial charge in [0.25, 0.3) is 0 Å². The molecule has 3 rings (SSSR count). The van der Waals surface area contributed by atoms with Crippen LogP contribution in [0.15, 0.2) is 54.6 Å². The van der Waals surface area contributed by atoms with Crippen LogP contribution in [0.2, 0.25) is 0 Å². The van der Waals surface area contributed by atoms with E-state index >= 15 is 0 Å². The van der Waals surface area contributed by atoms with E-state index < -0.39 is 5.82 Å². The Morgan fingerprint density at radius 3 is 2.41 bits per heavy atom. The topological polar surface area (TPSA) is 40.9 Å². The van der Waals surface area contributed by atoms with Gasteiger partial charge in [-0.05, 0) is 54.1 Å². The SMILES string of the molecule is Cc1ccc2cc(C(=O)c3ccc(C#N)cc3)c(F)cc2c1. The number of halogens is 1. The van der Waals surface area contributed by atoms with Crippen LogP contribution in [0.3, 0.4) is 0 Å². The summed E-state index contributed by atoms with van der Waals surface area (Å²) in [7, 11) is 0. The molecule has 0 saturated heterocycles. The molecule has 3 aromatic carbocycles. The van der Waals surface area contributed by atoms with E-state index in [9.17, 15) is 9.18 Å². The van der Waals surface area contributed by atoms with Crippen molar-refractivity contribution in [3.05, 3.63) is 82.7 Å². The molecule has 0 amide bonds. The van der Waals surface area contributed by atoms with Gasteiger partial charge in [0.05, 0.1) is 17.2 Å². The number of ketones is 1. The fraction of sp³-hybridized carbons (Fsp3) is 0.0526. The van der Waals surface area contributed by atoms with E-state index in [0.29, 0.717) is 11.1 Å². The first-order valence-corrected chi connectivity index (χ1v) is 6.83. The lowest BCUT2D eigenvalue weighted by Crippen LogP contribution is -2.04. The summed E-state index contributed by atoms with van der Waals surface area (Å²) in [4.78, 5) is 12.5. The predicted molar refractivity (Wildman–Crippen MR) is 83.2 cm³/mol. The first kappa shape index (κ1) is 14.0. The molecule has 0 unspecified atom stereocenters. The highest BCUT2D eigenvalue weighted by Crippen LogP contribution is 2.23. The van der Waals surface area contributed by atoms with Crippen molar-refractivity contribution in [2.24, 2.45) is 0 Å². The molecular weight excluding hydrogens is 277 g/mol. The average molecular weight is 289 g/mol. The van der Waals surface area contributed by atoms with Crippen molar-refractivity contribution in [1.82, 2.24) is 0 Å². The van der Waals surface area contributed by atoms with Crippen molar-refractivity contribution in [3.63, 3.8) is 0 Å². The van der Waals surface area contributed by atoms with Crippen LogP contribution in [-0.2, 0) is 0 Å². The molecule has 0 saturated carbocycles. The summed E-state index contributed by atoms with van der Waals surface area (Å²) in [6, 6.07) is 16.8.